The molecule has 3 N–H and O–H groups in total. The zero-order valence-electron chi connectivity index (χ0n) is 21.6. The molecule has 0 unspecified atom stereocenters. The molecular formula is C27H34Br2N4O4. The van der Waals surface area contributed by atoms with Gasteiger partial charge in [-0.15, -0.1) is 0 Å². The van der Waals surface area contributed by atoms with Crippen molar-refractivity contribution in [2.75, 3.05) is 25.5 Å². The molecule has 1 aliphatic rings. The lowest BCUT2D eigenvalue weighted by molar-refractivity contribution is -0.136. The molecule has 1 aliphatic heterocycles. The monoisotopic (exact) mass is 636 g/mol. The zero-order chi connectivity index (χ0) is 27.1. The van der Waals surface area contributed by atoms with Crippen molar-refractivity contribution >= 4 is 55.4 Å². The zero-order valence-corrected chi connectivity index (χ0v) is 24.7. The number of carbonyl (C=O) groups is 3. The molecular weight excluding hydrogens is 604 g/mol. The van der Waals surface area contributed by atoms with E-state index in [-0.39, 0.29) is 17.7 Å². The number of halogens is 2. The third-order valence-corrected chi connectivity index (χ3v) is 7.72. The highest BCUT2D eigenvalue weighted by Gasteiger charge is 2.30. The van der Waals surface area contributed by atoms with Crippen LogP contribution in [0.4, 0.5) is 10.5 Å². The standard InChI is InChI=1S/C27H34Br2N4O4/c1-16(2)20-13-22(28)24(23(29)14-20)32-27(36)31-17(3)26(35)33-10-8-19(9-11-33)25(34)30-15-18-6-5-7-21(12-18)37-4/h5-7,12-14,16-17,19H,8-11,15H2,1-4H3,(H,30,34)(H2,31,32,36)/t17-/m0/s1. The molecule has 0 bridgehead atoms. The van der Waals surface area contributed by atoms with Crippen molar-refractivity contribution in [1.29, 1.82) is 0 Å². The van der Waals surface area contributed by atoms with Gasteiger partial charge in [0, 0.05) is 34.5 Å². The topological polar surface area (TPSA) is 99.8 Å². The number of nitrogens with one attached hydrogen (secondary N) is 3. The Labute approximate surface area is 235 Å². The smallest absolute Gasteiger partial charge is 0.319 e. The Balaban J connectivity index is 1.46. The van der Waals surface area contributed by atoms with Crippen LogP contribution in [0.5, 0.6) is 5.75 Å². The minimum atomic E-state index is -0.703. The first-order valence-electron chi connectivity index (χ1n) is 12.3. The Morgan fingerprint density at radius 1 is 1.05 bits per heavy atom. The van der Waals surface area contributed by atoms with Crippen LogP contribution >= 0.6 is 31.9 Å². The van der Waals surface area contributed by atoms with Gasteiger partial charge < -0.3 is 25.6 Å². The van der Waals surface area contributed by atoms with E-state index < -0.39 is 12.1 Å². The highest BCUT2D eigenvalue weighted by atomic mass is 79.9. The van der Waals surface area contributed by atoms with Crippen LogP contribution in [-0.4, -0.2) is 49.0 Å². The van der Waals surface area contributed by atoms with Gasteiger partial charge in [0.2, 0.25) is 11.8 Å². The maximum absolute atomic E-state index is 12.9. The normalized spacial score (nSPS) is 14.7. The molecule has 10 heteroatoms. The van der Waals surface area contributed by atoms with Gasteiger partial charge in [0.25, 0.3) is 0 Å². The summed E-state index contributed by atoms with van der Waals surface area (Å²) in [5.74, 6) is 0.763. The molecule has 0 aliphatic carbocycles. The largest absolute Gasteiger partial charge is 0.497 e. The third kappa shape index (κ3) is 7.95. The number of likely N-dealkylation sites (tertiary alicyclic amines) is 1. The van der Waals surface area contributed by atoms with Crippen LogP contribution in [-0.2, 0) is 16.1 Å². The molecule has 1 saturated heterocycles. The minimum Gasteiger partial charge on any atom is -0.497 e. The molecule has 0 saturated carbocycles. The Hall–Kier alpha value is -2.59. The molecule has 1 heterocycles. The van der Waals surface area contributed by atoms with Gasteiger partial charge in [-0.3, -0.25) is 9.59 Å². The molecule has 4 amide bonds. The number of amides is 4. The van der Waals surface area contributed by atoms with Crippen LogP contribution in [0, 0.1) is 5.92 Å². The van der Waals surface area contributed by atoms with E-state index in [1.165, 1.54) is 0 Å². The lowest BCUT2D eigenvalue weighted by Gasteiger charge is -2.33. The quantitative estimate of drug-likeness (QED) is 0.360. The van der Waals surface area contributed by atoms with E-state index in [4.69, 9.17) is 4.74 Å². The number of piperidine rings is 1. The predicted octanol–water partition coefficient (Wildman–Crippen LogP) is 5.41. The molecule has 8 nitrogen and oxygen atoms in total. The fourth-order valence-corrected chi connectivity index (χ4v) is 5.63. The molecule has 2 aromatic carbocycles. The van der Waals surface area contributed by atoms with Crippen LogP contribution in [0.25, 0.3) is 0 Å². The number of carbonyl (C=O) groups excluding carboxylic acids is 3. The molecule has 0 spiro atoms. The fourth-order valence-electron chi connectivity index (χ4n) is 4.21. The molecule has 0 radical (unpaired) electrons. The molecule has 2 aromatic rings. The predicted molar refractivity (Wildman–Crippen MR) is 152 cm³/mol. The van der Waals surface area contributed by atoms with E-state index in [0.29, 0.717) is 44.1 Å². The van der Waals surface area contributed by atoms with Crippen LogP contribution in [0.3, 0.4) is 0 Å². The number of hydrogen-bond donors (Lipinski definition) is 3. The molecule has 200 valence electrons. The van der Waals surface area contributed by atoms with Gasteiger partial charge in [0.05, 0.1) is 12.8 Å². The Morgan fingerprint density at radius 2 is 1.70 bits per heavy atom. The van der Waals surface area contributed by atoms with Crippen LogP contribution in [0.2, 0.25) is 0 Å². The average molecular weight is 638 g/mol. The first-order chi connectivity index (χ1) is 17.6. The van der Waals surface area contributed by atoms with Gasteiger partial charge in [0.1, 0.15) is 11.8 Å². The van der Waals surface area contributed by atoms with Gasteiger partial charge in [-0.25, -0.2) is 4.79 Å². The van der Waals surface area contributed by atoms with Crippen molar-refractivity contribution in [2.24, 2.45) is 5.92 Å². The van der Waals surface area contributed by atoms with E-state index in [1.54, 1.807) is 18.9 Å². The maximum atomic E-state index is 12.9. The van der Waals surface area contributed by atoms with E-state index in [2.05, 4.69) is 61.7 Å². The van der Waals surface area contributed by atoms with Crippen molar-refractivity contribution in [3.63, 3.8) is 0 Å². The van der Waals surface area contributed by atoms with Crippen molar-refractivity contribution in [2.45, 2.75) is 52.1 Å². The van der Waals surface area contributed by atoms with Crippen molar-refractivity contribution in [1.82, 2.24) is 15.5 Å². The SMILES string of the molecule is COc1cccc(CNC(=O)C2CCN(C(=O)[C@H](C)NC(=O)Nc3c(Br)cc(C(C)C)cc3Br)CC2)c1. The molecule has 1 atom stereocenters. The van der Waals surface area contributed by atoms with Gasteiger partial charge in [-0.1, -0.05) is 26.0 Å². The minimum absolute atomic E-state index is 0.0138. The van der Waals surface area contributed by atoms with Gasteiger partial charge >= 0.3 is 6.03 Å². The van der Waals surface area contributed by atoms with Gasteiger partial charge in [0.15, 0.2) is 0 Å². The number of nitrogens with zero attached hydrogens (tertiary/aromatic N) is 1. The second-order valence-corrected chi connectivity index (χ2v) is 11.2. The van der Waals surface area contributed by atoms with Crippen LogP contribution in [0.1, 0.15) is 50.7 Å². The summed E-state index contributed by atoms with van der Waals surface area (Å²) >= 11 is 7.03. The maximum Gasteiger partial charge on any atom is 0.319 e. The third-order valence-electron chi connectivity index (χ3n) is 6.47. The summed E-state index contributed by atoms with van der Waals surface area (Å²) < 4.78 is 6.73. The molecule has 37 heavy (non-hydrogen) atoms. The van der Waals surface area contributed by atoms with E-state index >= 15 is 0 Å². The van der Waals surface area contributed by atoms with Crippen molar-refractivity contribution < 1.29 is 19.1 Å². The fraction of sp³-hybridized carbons (Fsp3) is 0.444. The van der Waals surface area contributed by atoms with Gasteiger partial charge in [-0.2, -0.15) is 0 Å². The second-order valence-electron chi connectivity index (χ2n) is 9.50. The summed E-state index contributed by atoms with van der Waals surface area (Å²) in [5.41, 5.74) is 2.70. The number of benzene rings is 2. The highest BCUT2D eigenvalue weighted by Crippen LogP contribution is 2.34. The van der Waals surface area contributed by atoms with Crippen LogP contribution < -0.4 is 20.7 Å². The number of ether oxygens (including phenoxy) is 1. The van der Waals surface area contributed by atoms with E-state index in [0.717, 1.165) is 25.8 Å². The number of anilines is 1. The highest BCUT2D eigenvalue weighted by molar-refractivity contribution is 9.11. The Kier molecular flexibility index (Phi) is 10.4. The summed E-state index contributed by atoms with van der Waals surface area (Å²) in [6, 6.07) is 10.3. The summed E-state index contributed by atoms with van der Waals surface area (Å²) in [5, 5.41) is 8.53. The average Bonchev–Trinajstić information content (AvgIpc) is 2.88. The number of hydrogen-bond acceptors (Lipinski definition) is 4. The molecule has 1 fully saturated rings. The molecule has 3 rings (SSSR count). The van der Waals surface area contributed by atoms with Crippen molar-refractivity contribution in [3.8, 4) is 5.75 Å². The van der Waals surface area contributed by atoms with Crippen molar-refractivity contribution in [3.05, 3.63) is 56.5 Å². The lowest BCUT2D eigenvalue weighted by Crippen LogP contribution is -2.51. The van der Waals surface area contributed by atoms with E-state index in [1.807, 2.05) is 36.4 Å². The number of rotatable bonds is 8. The van der Waals surface area contributed by atoms with Crippen LogP contribution in [0.15, 0.2) is 45.3 Å². The Bertz CT molecular complexity index is 1110. The summed E-state index contributed by atoms with van der Waals surface area (Å²) in [6.07, 6.45) is 1.16. The summed E-state index contributed by atoms with van der Waals surface area (Å²) in [7, 11) is 1.61. The Morgan fingerprint density at radius 3 is 2.30 bits per heavy atom. The second kappa shape index (κ2) is 13.3. The number of methoxy groups -OCH3 is 1. The number of urea groups is 1. The lowest BCUT2D eigenvalue weighted by atomic mass is 9.95. The first kappa shape index (κ1) is 29.0. The van der Waals surface area contributed by atoms with Gasteiger partial charge in [-0.05, 0) is 92.9 Å². The van der Waals surface area contributed by atoms with E-state index in [9.17, 15) is 14.4 Å². The first-order valence-corrected chi connectivity index (χ1v) is 13.9. The molecule has 0 aromatic heterocycles. The summed E-state index contributed by atoms with van der Waals surface area (Å²) in [6.45, 7) is 7.23. The summed E-state index contributed by atoms with van der Waals surface area (Å²) in [4.78, 5) is 39.9.